The molecule has 0 spiro atoms. The Labute approximate surface area is 151 Å². The fraction of sp³-hybridized carbons (Fsp3) is 0.263. The molecule has 132 valence electrons. The van der Waals surface area contributed by atoms with Gasteiger partial charge in [0.1, 0.15) is 17.9 Å². The Bertz CT molecular complexity index is 999. The van der Waals surface area contributed by atoms with Gasteiger partial charge in [0, 0.05) is 31.6 Å². The van der Waals surface area contributed by atoms with E-state index in [2.05, 4.69) is 45.4 Å². The lowest BCUT2D eigenvalue weighted by atomic mass is 10.1. The summed E-state index contributed by atoms with van der Waals surface area (Å²) in [6.07, 6.45) is 5.34. The smallest absolute Gasteiger partial charge is 0.211 e. The molecule has 0 saturated heterocycles. The minimum Gasteiger partial charge on any atom is -0.624 e. The molecule has 3 aliphatic heterocycles. The van der Waals surface area contributed by atoms with E-state index in [0.29, 0.717) is 11.5 Å². The van der Waals surface area contributed by atoms with Gasteiger partial charge < -0.3 is 14.8 Å². The molecule has 4 heterocycles. The van der Waals surface area contributed by atoms with Gasteiger partial charge in [0.2, 0.25) is 5.82 Å². The van der Waals surface area contributed by atoms with E-state index in [1.165, 1.54) is 11.1 Å². The maximum atomic E-state index is 11.9. The average molecular weight is 348 g/mol. The highest BCUT2D eigenvalue weighted by Crippen LogP contribution is 2.31. The van der Waals surface area contributed by atoms with Crippen molar-refractivity contribution in [2.24, 2.45) is 4.99 Å². The first-order valence-electron chi connectivity index (χ1n) is 8.82. The summed E-state index contributed by atoms with van der Waals surface area (Å²) in [5, 5.41) is 13.9. The van der Waals surface area contributed by atoms with Crippen LogP contribution < -0.4 is 10.5 Å². The number of rotatable bonds is 3. The molecular weight excluding hydrogens is 328 g/mol. The third-order valence-corrected chi connectivity index (χ3v) is 5.13. The van der Waals surface area contributed by atoms with Gasteiger partial charge in [-0.05, 0) is 18.9 Å². The van der Waals surface area contributed by atoms with Crippen LogP contribution >= 0.6 is 0 Å². The van der Waals surface area contributed by atoms with Gasteiger partial charge in [-0.2, -0.15) is 0 Å². The number of allylic oxidation sites excluding steroid dienone is 2. The fourth-order valence-corrected chi connectivity index (χ4v) is 3.71. The van der Waals surface area contributed by atoms with E-state index in [9.17, 15) is 5.21 Å². The normalized spacial score (nSPS) is 20.4. The minimum absolute atomic E-state index is 0.0322. The summed E-state index contributed by atoms with van der Waals surface area (Å²) in [6, 6.07) is 8.42. The van der Waals surface area contributed by atoms with Gasteiger partial charge in [-0.1, -0.05) is 24.3 Å². The molecule has 26 heavy (non-hydrogen) atoms. The van der Waals surface area contributed by atoms with Gasteiger partial charge in [-0.25, -0.2) is 15.0 Å². The van der Waals surface area contributed by atoms with Crippen molar-refractivity contribution in [2.45, 2.75) is 33.2 Å². The number of nitrogens with zero attached hydrogens (tertiary/aromatic N) is 4. The van der Waals surface area contributed by atoms with Gasteiger partial charge in [0.15, 0.2) is 5.70 Å². The summed E-state index contributed by atoms with van der Waals surface area (Å²) in [5.41, 5.74) is 8.47. The number of hydroxylamine groups is 2. The molecule has 0 aliphatic carbocycles. The van der Waals surface area contributed by atoms with Crippen molar-refractivity contribution in [1.29, 1.82) is 0 Å². The molecule has 0 amide bonds. The number of quaternary nitrogens is 1. The number of amidine groups is 1. The highest BCUT2D eigenvalue weighted by Gasteiger charge is 2.30. The van der Waals surface area contributed by atoms with E-state index < -0.39 is 0 Å². The van der Waals surface area contributed by atoms with Gasteiger partial charge in [0.25, 0.3) is 0 Å². The SMILES string of the molecule is CC1=C[NH+]([O-])C(C)=C2N=C(CCc3cn4c(n3)-c3ccccc3C4)NN12. The first-order valence-corrected chi connectivity index (χ1v) is 8.82. The third kappa shape index (κ3) is 2.28. The molecule has 1 unspecified atom stereocenters. The average Bonchev–Trinajstić information content (AvgIpc) is 3.30. The van der Waals surface area contributed by atoms with Gasteiger partial charge in [-0.15, -0.1) is 0 Å². The van der Waals surface area contributed by atoms with Crippen LogP contribution in [0.4, 0.5) is 0 Å². The molecule has 1 aromatic heterocycles. The van der Waals surface area contributed by atoms with Crippen LogP contribution in [0.15, 0.2) is 58.9 Å². The number of imidazole rings is 1. The molecule has 2 N–H and O–H groups in total. The summed E-state index contributed by atoms with van der Waals surface area (Å²) < 4.78 is 2.21. The molecule has 0 bridgehead atoms. The number of aliphatic imine (C=N–C) groups is 1. The summed E-state index contributed by atoms with van der Waals surface area (Å²) in [4.78, 5) is 9.44. The standard InChI is InChI=1S/C19H20N6O/c1-12-9-24(26)13(2)18-21-17(22-25(12)18)8-7-15-11-23-10-14-5-3-4-6-16(14)19(23)20-15/h3-6,9,11,24H,7-8,10H2,1-2H3,(H,21,22). The van der Waals surface area contributed by atoms with Crippen LogP contribution in [0.3, 0.4) is 0 Å². The van der Waals surface area contributed by atoms with Crippen LogP contribution in [-0.2, 0) is 13.0 Å². The zero-order valence-electron chi connectivity index (χ0n) is 14.8. The van der Waals surface area contributed by atoms with E-state index in [1.54, 1.807) is 6.20 Å². The maximum absolute atomic E-state index is 11.9. The highest BCUT2D eigenvalue weighted by molar-refractivity contribution is 5.85. The Hall–Kier alpha value is -2.90. The fourth-order valence-electron chi connectivity index (χ4n) is 3.71. The molecule has 0 fully saturated rings. The van der Waals surface area contributed by atoms with Crippen LogP contribution in [0.1, 0.15) is 31.5 Å². The number of hydrogen-bond donors (Lipinski definition) is 2. The Balaban J connectivity index is 1.33. The lowest BCUT2D eigenvalue weighted by Gasteiger charge is -2.29. The molecule has 3 aliphatic rings. The first kappa shape index (κ1) is 15.4. The molecule has 5 rings (SSSR count). The van der Waals surface area contributed by atoms with Crippen LogP contribution in [0.25, 0.3) is 11.4 Å². The zero-order valence-corrected chi connectivity index (χ0v) is 14.8. The highest BCUT2D eigenvalue weighted by atomic mass is 16.5. The lowest BCUT2D eigenvalue weighted by Crippen LogP contribution is -3.01. The van der Waals surface area contributed by atoms with E-state index in [1.807, 2.05) is 18.9 Å². The summed E-state index contributed by atoms with van der Waals surface area (Å²) >= 11 is 0. The Morgan fingerprint density at radius 2 is 2.08 bits per heavy atom. The van der Waals surface area contributed by atoms with Crippen molar-refractivity contribution in [3.63, 3.8) is 0 Å². The second-order valence-electron chi connectivity index (χ2n) is 6.95. The number of hydrogen-bond acceptors (Lipinski definition) is 5. The largest absolute Gasteiger partial charge is 0.624 e. The molecule has 0 saturated carbocycles. The van der Waals surface area contributed by atoms with E-state index in [4.69, 9.17) is 4.98 Å². The minimum atomic E-state index is 0.0322. The monoisotopic (exact) mass is 348 g/mol. The van der Waals surface area contributed by atoms with Gasteiger partial charge in [-0.3, -0.25) is 5.43 Å². The Morgan fingerprint density at radius 3 is 2.96 bits per heavy atom. The predicted octanol–water partition coefficient (Wildman–Crippen LogP) is 1.51. The van der Waals surface area contributed by atoms with Gasteiger partial charge >= 0.3 is 0 Å². The molecule has 2 aromatic rings. The maximum Gasteiger partial charge on any atom is 0.211 e. The van der Waals surface area contributed by atoms with Crippen molar-refractivity contribution in [3.05, 3.63) is 70.3 Å². The van der Waals surface area contributed by atoms with Crippen LogP contribution in [-0.4, -0.2) is 20.4 Å². The number of fused-ring (bicyclic) bond motifs is 4. The van der Waals surface area contributed by atoms with Gasteiger partial charge in [0.05, 0.1) is 11.4 Å². The molecule has 0 radical (unpaired) electrons. The Kier molecular flexibility index (Phi) is 3.28. The van der Waals surface area contributed by atoms with Crippen molar-refractivity contribution < 1.29 is 5.06 Å². The van der Waals surface area contributed by atoms with Crippen molar-refractivity contribution >= 4 is 5.84 Å². The van der Waals surface area contributed by atoms with E-state index >= 15 is 0 Å². The third-order valence-electron chi connectivity index (χ3n) is 5.13. The molecule has 7 nitrogen and oxygen atoms in total. The lowest BCUT2D eigenvalue weighted by molar-refractivity contribution is -0.750. The molecule has 1 atom stereocenters. The van der Waals surface area contributed by atoms with Crippen LogP contribution in [0, 0.1) is 5.21 Å². The van der Waals surface area contributed by atoms with Crippen molar-refractivity contribution in [2.75, 3.05) is 0 Å². The van der Waals surface area contributed by atoms with E-state index in [-0.39, 0.29) is 5.06 Å². The second kappa shape index (κ2) is 5.55. The predicted molar refractivity (Wildman–Crippen MR) is 98.3 cm³/mol. The number of benzene rings is 1. The first-order chi connectivity index (χ1) is 12.6. The van der Waals surface area contributed by atoms with Crippen LogP contribution in [0.2, 0.25) is 0 Å². The number of hydrazine groups is 1. The molecule has 7 heteroatoms. The summed E-state index contributed by atoms with van der Waals surface area (Å²) in [7, 11) is 0. The van der Waals surface area contributed by atoms with Crippen molar-refractivity contribution in [3.8, 4) is 11.4 Å². The quantitative estimate of drug-likeness (QED) is 0.704. The number of nitrogens with one attached hydrogen (secondary N) is 2. The number of aromatic nitrogens is 2. The van der Waals surface area contributed by atoms with E-state index in [0.717, 1.165) is 42.4 Å². The number of aryl methyl sites for hydroxylation is 1. The second-order valence-corrected chi connectivity index (χ2v) is 6.95. The summed E-state index contributed by atoms with van der Waals surface area (Å²) in [6.45, 7) is 4.62. The topological polar surface area (TPSA) is 72.9 Å². The van der Waals surface area contributed by atoms with Crippen LogP contribution in [0.5, 0.6) is 0 Å². The molecule has 1 aromatic carbocycles. The molecular formula is C19H20N6O. The van der Waals surface area contributed by atoms with Crippen molar-refractivity contribution in [1.82, 2.24) is 20.0 Å². The Morgan fingerprint density at radius 1 is 1.23 bits per heavy atom. The summed E-state index contributed by atoms with van der Waals surface area (Å²) in [5.74, 6) is 2.64. The zero-order chi connectivity index (χ0) is 17.8.